The number of nitrogens with one attached hydrogen (secondary N) is 1. The second kappa shape index (κ2) is 7.92. The van der Waals surface area contributed by atoms with Gasteiger partial charge in [-0.2, -0.15) is 17.3 Å². The zero-order valence-electron chi connectivity index (χ0n) is 13.3. The van der Waals surface area contributed by atoms with Gasteiger partial charge >= 0.3 is 6.18 Å². The number of rotatable bonds is 6. The van der Waals surface area contributed by atoms with Crippen LogP contribution in [0.1, 0.15) is 5.56 Å². The summed E-state index contributed by atoms with van der Waals surface area (Å²) < 4.78 is 67.7. The van der Waals surface area contributed by atoms with Crippen LogP contribution < -0.4 is 8.86 Å². The van der Waals surface area contributed by atoms with Crippen molar-refractivity contribution >= 4 is 39.3 Å². The quantitative estimate of drug-likeness (QED) is 0.398. The number of nitro groups is 1. The number of nitrogens with zero attached hydrogens (tertiary/aromatic N) is 1. The lowest BCUT2D eigenvalue weighted by Crippen LogP contribution is -2.13. The molecule has 0 aliphatic rings. The summed E-state index contributed by atoms with van der Waals surface area (Å²) in [6, 6.07) is 5.90. The molecule has 2 aromatic carbocycles. The van der Waals surface area contributed by atoms with Gasteiger partial charge in [0.2, 0.25) is 10.0 Å². The van der Waals surface area contributed by atoms with E-state index in [-0.39, 0.29) is 27.1 Å². The van der Waals surface area contributed by atoms with Crippen molar-refractivity contribution in [3.05, 3.63) is 57.1 Å². The maximum absolute atomic E-state index is 12.7. The second-order valence-corrected chi connectivity index (χ2v) is 8.35. The van der Waals surface area contributed by atoms with Crippen LogP contribution in [0.3, 0.4) is 0 Å². The highest BCUT2D eigenvalue weighted by atomic mass is 35.5. The maximum Gasteiger partial charge on any atom is 0.416 e. The van der Waals surface area contributed by atoms with Crippen LogP contribution >= 0.6 is 23.5 Å². The first kappa shape index (κ1) is 21.3. The predicted molar refractivity (Wildman–Crippen MR) is 93.5 cm³/mol. The first-order chi connectivity index (χ1) is 12.4. The first-order valence-electron chi connectivity index (χ1n) is 6.83. The zero-order valence-corrected chi connectivity index (χ0v) is 15.7. The number of hydrogen-bond donors (Lipinski definition) is 1. The largest absolute Gasteiger partial charge is 0.456 e. The van der Waals surface area contributed by atoms with Gasteiger partial charge in [-0.05, 0) is 36.2 Å². The SMILES string of the molecule is CS(=O)(=O)NSc1cc(Oc2ccc(C(F)(F)F)cc2Cl)ccc1[N+](=O)[O-]. The van der Waals surface area contributed by atoms with Gasteiger partial charge in [0.25, 0.3) is 5.69 Å². The molecule has 0 saturated carbocycles. The van der Waals surface area contributed by atoms with Gasteiger partial charge in [0.05, 0.1) is 21.8 Å². The smallest absolute Gasteiger partial charge is 0.416 e. The molecule has 0 aliphatic heterocycles. The summed E-state index contributed by atoms with van der Waals surface area (Å²) in [5.74, 6) is -0.0920. The average molecular weight is 443 g/mol. The van der Waals surface area contributed by atoms with Gasteiger partial charge in [0.15, 0.2) is 0 Å². The van der Waals surface area contributed by atoms with Crippen molar-refractivity contribution in [1.82, 2.24) is 4.13 Å². The van der Waals surface area contributed by atoms with Crippen LogP contribution in [0.15, 0.2) is 41.3 Å². The summed E-state index contributed by atoms with van der Waals surface area (Å²) in [5.41, 5.74) is -1.35. The van der Waals surface area contributed by atoms with Gasteiger partial charge in [-0.15, -0.1) is 0 Å². The molecule has 0 heterocycles. The summed E-state index contributed by atoms with van der Waals surface area (Å²) in [4.78, 5) is 10.2. The average Bonchev–Trinajstić information content (AvgIpc) is 2.53. The molecule has 13 heteroatoms. The number of ether oxygens (including phenoxy) is 1. The third kappa shape index (κ3) is 5.99. The molecule has 2 rings (SSSR count). The van der Waals surface area contributed by atoms with Crippen molar-refractivity contribution in [3.8, 4) is 11.5 Å². The molecule has 7 nitrogen and oxygen atoms in total. The molecule has 0 unspecified atom stereocenters. The monoisotopic (exact) mass is 442 g/mol. The van der Waals surface area contributed by atoms with E-state index in [1.54, 1.807) is 0 Å². The van der Waals surface area contributed by atoms with Crippen LogP contribution in [-0.2, 0) is 16.2 Å². The fourth-order valence-electron chi connectivity index (χ4n) is 1.80. The minimum Gasteiger partial charge on any atom is -0.456 e. The zero-order chi connectivity index (χ0) is 20.4. The molecule has 0 fully saturated rings. The Balaban J connectivity index is 2.33. The highest BCUT2D eigenvalue weighted by molar-refractivity contribution is 8.09. The molecule has 0 saturated heterocycles. The lowest BCUT2D eigenvalue weighted by molar-refractivity contribution is -0.387. The maximum atomic E-state index is 12.7. The Kier molecular flexibility index (Phi) is 6.24. The van der Waals surface area contributed by atoms with E-state index in [1.165, 1.54) is 6.07 Å². The Labute approximate surface area is 160 Å². The van der Waals surface area contributed by atoms with Crippen LogP contribution in [-0.4, -0.2) is 19.6 Å². The van der Waals surface area contributed by atoms with E-state index in [9.17, 15) is 31.7 Å². The standard InChI is InChI=1S/C14H10ClF3N2O5S2/c1-27(23,24)19-26-13-7-9(3-4-11(13)20(21)22)25-12-5-2-8(6-10(12)15)14(16,17)18/h2-7,19H,1H3. The summed E-state index contributed by atoms with van der Waals surface area (Å²) >= 11 is 6.27. The number of halogens is 4. The molecule has 0 aliphatic carbocycles. The van der Waals surface area contributed by atoms with Crippen molar-refractivity contribution in [2.45, 2.75) is 11.1 Å². The van der Waals surface area contributed by atoms with Gasteiger partial charge < -0.3 is 4.74 Å². The fourth-order valence-corrected chi connectivity index (χ4v) is 3.40. The van der Waals surface area contributed by atoms with Crippen molar-refractivity contribution in [3.63, 3.8) is 0 Å². The molecule has 2 aromatic rings. The van der Waals surface area contributed by atoms with E-state index in [0.29, 0.717) is 18.0 Å². The van der Waals surface area contributed by atoms with E-state index in [0.717, 1.165) is 30.5 Å². The van der Waals surface area contributed by atoms with Crippen LogP contribution in [0, 0.1) is 10.1 Å². The van der Waals surface area contributed by atoms with Crippen molar-refractivity contribution in [2.75, 3.05) is 6.26 Å². The third-order valence-corrected chi connectivity index (χ3v) is 5.30. The molecular weight excluding hydrogens is 433 g/mol. The van der Waals surface area contributed by atoms with Gasteiger partial charge in [-0.1, -0.05) is 11.6 Å². The van der Waals surface area contributed by atoms with Gasteiger partial charge in [0, 0.05) is 12.1 Å². The lowest BCUT2D eigenvalue weighted by Gasteiger charge is -2.12. The highest BCUT2D eigenvalue weighted by Gasteiger charge is 2.31. The Morgan fingerprint density at radius 1 is 1.22 bits per heavy atom. The fraction of sp³-hybridized carbons (Fsp3) is 0.143. The molecule has 0 radical (unpaired) electrons. The van der Waals surface area contributed by atoms with Crippen molar-refractivity contribution in [1.29, 1.82) is 0 Å². The Bertz CT molecular complexity index is 983. The van der Waals surface area contributed by atoms with Crippen molar-refractivity contribution in [2.24, 2.45) is 0 Å². The molecule has 0 amide bonds. The van der Waals surface area contributed by atoms with Gasteiger partial charge in [-0.3, -0.25) is 10.1 Å². The molecule has 146 valence electrons. The van der Waals surface area contributed by atoms with E-state index >= 15 is 0 Å². The molecule has 1 N–H and O–H groups in total. The molecule has 0 bridgehead atoms. The third-order valence-electron chi connectivity index (χ3n) is 2.92. The topological polar surface area (TPSA) is 98.5 Å². The Hall–Kier alpha value is -2.02. The van der Waals surface area contributed by atoms with Crippen LogP contribution in [0.4, 0.5) is 18.9 Å². The van der Waals surface area contributed by atoms with Crippen LogP contribution in [0.25, 0.3) is 0 Å². The number of nitro benzene ring substituents is 1. The van der Waals surface area contributed by atoms with E-state index in [1.807, 2.05) is 4.13 Å². The number of alkyl halides is 3. The van der Waals surface area contributed by atoms with Crippen LogP contribution in [0.2, 0.25) is 5.02 Å². The first-order valence-corrected chi connectivity index (χ1v) is 9.92. The normalized spacial score (nSPS) is 12.0. The van der Waals surface area contributed by atoms with E-state index in [4.69, 9.17) is 16.3 Å². The minimum absolute atomic E-state index is 0.0139. The second-order valence-electron chi connectivity index (χ2n) is 5.09. The minimum atomic E-state index is -4.57. The summed E-state index contributed by atoms with van der Waals surface area (Å²) in [6.07, 6.45) is -3.70. The summed E-state index contributed by atoms with van der Waals surface area (Å²) in [5, 5.41) is 10.7. The predicted octanol–water partition coefficient (Wildman–Crippen LogP) is 4.62. The highest BCUT2D eigenvalue weighted by Crippen LogP contribution is 2.38. The number of sulfonamides is 1. The summed E-state index contributed by atoms with van der Waals surface area (Å²) in [6.45, 7) is 0. The molecule has 27 heavy (non-hydrogen) atoms. The molecule has 0 atom stereocenters. The van der Waals surface area contributed by atoms with E-state index in [2.05, 4.69) is 0 Å². The number of hydrogen-bond acceptors (Lipinski definition) is 6. The van der Waals surface area contributed by atoms with Crippen molar-refractivity contribution < 1.29 is 31.2 Å². The molecule has 0 aromatic heterocycles. The van der Waals surface area contributed by atoms with Gasteiger partial charge in [-0.25, -0.2) is 8.42 Å². The Morgan fingerprint density at radius 3 is 2.41 bits per heavy atom. The summed E-state index contributed by atoms with van der Waals surface area (Å²) in [7, 11) is -3.64. The number of benzene rings is 2. The molecule has 0 spiro atoms. The van der Waals surface area contributed by atoms with Crippen LogP contribution in [0.5, 0.6) is 11.5 Å². The van der Waals surface area contributed by atoms with E-state index < -0.39 is 26.7 Å². The molecular formula is C14H10ClF3N2O5S2. The Morgan fingerprint density at radius 2 is 1.89 bits per heavy atom. The van der Waals surface area contributed by atoms with Gasteiger partial charge in [0.1, 0.15) is 16.4 Å². The lowest BCUT2D eigenvalue weighted by atomic mass is 10.2.